The lowest BCUT2D eigenvalue weighted by Crippen LogP contribution is -2.27. The van der Waals surface area contributed by atoms with Gasteiger partial charge in [-0.15, -0.1) is 0 Å². The third kappa shape index (κ3) is 5.07. The molecule has 0 aromatic heterocycles. The molecule has 1 unspecified atom stereocenters. The molecule has 6 heteroatoms. The Morgan fingerprint density at radius 1 is 1.29 bits per heavy atom. The minimum absolute atomic E-state index is 0.332. The first-order valence-electron chi connectivity index (χ1n) is 6.50. The molecule has 1 aromatic carbocycles. The first-order chi connectivity index (χ1) is 9.64. The summed E-state index contributed by atoms with van der Waals surface area (Å²) in [4.78, 5) is 23.1. The smallest absolute Gasteiger partial charge is 0.412 e. The summed E-state index contributed by atoms with van der Waals surface area (Å²) in [6.45, 7) is 7.08. The molecule has 6 nitrogen and oxygen atoms in total. The van der Waals surface area contributed by atoms with Crippen LogP contribution in [0.1, 0.15) is 38.0 Å². The van der Waals surface area contributed by atoms with E-state index in [1.165, 1.54) is 13.2 Å². The number of anilines is 1. The van der Waals surface area contributed by atoms with Gasteiger partial charge in [-0.05, 0) is 44.9 Å². The maximum absolute atomic E-state index is 11.8. The summed E-state index contributed by atoms with van der Waals surface area (Å²) < 4.78 is 9.64. The molecule has 1 rings (SSSR count). The first-order valence-corrected chi connectivity index (χ1v) is 6.50. The number of hydrogen-bond acceptors (Lipinski definition) is 5. The first kappa shape index (κ1) is 17.0. The number of benzene rings is 1. The van der Waals surface area contributed by atoms with Crippen molar-refractivity contribution in [2.45, 2.75) is 39.4 Å². The van der Waals surface area contributed by atoms with Crippen molar-refractivity contribution in [2.24, 2.45) is 0 Å². The molecule has 2 N–H and O–H groups in total. The van der Waals surface area contributed by atoms with Crippen molar-refractivity contribution >= 4 is 17.7 Å². The zero-order valence-electron chi connectivity index (χ0n) is 12.9. The topological polar surface area (TPSA) is 84.9 Å². The van der Waals surface area contributed by atoms with Crippen molar-refractivity contribution in [3.8, 4) is 0 Å². The summed E-state index contributed by atoms with van der Waals surface area (Å²) in [5.74, 6) is -0.762. The second kappa shape index (κ2) is 6.58. The van der Waals surface area contributed by atoms with Crippen LogP contribution in [0.4, 0.5) is 10.5 Å². The molecule has 0 bridgehead atoms. The normalized spacial score (nSPS) is 12.5. The SMILES string of the molecule is COC(=O)C(O)c1ccc(C)c(NC(=O)OC(C)(C)C)c1. The van der Waals surface area contributed by atoms with Crippen LogP contribution >= 0.6 is 0 Å². The van der Waals surface area contributed by atoms with Gasteiger partial charge in [-0.2, -0.15) is 0 Å². The van der Waals surface area contributed by atoms with Crippen molar-refractivity contribution in [3.63, 3.8) is 0 Å². The van der Waals surface area contributed by atoms with Gasteiger partial charge in [0.25, 0.3) is 0 Å². The molecule has 1 atom stereocenters. The van der Waals surface area contributed by atoms with Crippen LogP contribution < -0.4 is 5.32 Å². The van der Waals surface area contributed by atoms with Crippen LogP contribution in [0.15, 0.2) is 18.2 Å². The number of aryl methyl sites for hydroxylation is 1. The number of aliphatic hydroxyl groups is 1. The van der Waals surface area contributed by atoms with Gasteiger partial charge in [-0.25, -0.2) is 9.59 Å². The molecule has 0 aliphatic heterocycles. The summed E-state index contributed by atoms with van der Waals surface area (Å²) in [7, 11) is 1.19. The summed E-state index contributed by atoms with van der Waals surface area (Å²) in [6, 6.07) is 4.80. The number of rotatable bonds is 3. The van der Waals surface area contributed by atoms with Gasteiger partial charge in [-0.1, -0.05) is 12.1 Å². The Morgan fingerprint density at radius 3 is 2.43 bits per heavy atom. The van der Waals surface area contributed by atoms with Gasteiger partial charge in [0, 0.05) is 5.69 Å². The van der Waals surface area contributed by atoms with E-state index in [1.54, 1.807) is 39.8 Å². The molecule has 0 saturated carbocycles. The molecule has 0 aliphatic carbocycles. The van der Waals surface area contributed by atoms with Gasteiger partial charge in [-0.3, -0.25) is 5.32 Å². The average Bonchev–Trinajstić information content (AvgIpc) is 2.37. The molecule has 0 aliphatic rings. The zero-order chi connectivity index (χ0) is 16.2. The summed E-state index contributed by atoms with van der Waals surface area (Å²) in [5.41, 5.74) is 0.964. The molecule has 0 heterocycles. The van der Waals surface area contributed by atoms with E-state index in [9.17, 15) is 14.7 Å². The quantitative estimate of drug-likeness (QED) is 0.837. The Hall–Kier alpha value is -2.08. The Labute approximate surface area is 124 Å². The molecule has 1 amide bonds. The number of ether oxygens (including phenoxy) is 2. The van der Waals surface area contributed by atoms with Crippen LogP contribution in [0.3, 0.4) is 0 Å². The number of esters is 1. The van der Waals surface area contributed by atoms with Gasteiger partial charge in [0.2, 0.25) is 0 Å². The molecule has 116 valence electrons. The Balaban J connectivity index is 2.93. The maximum Gasteiger partial charge on any atom is 0.412 e. The van der Waals surface area contributed by atoms with E-state index in [4.69, 9.17) is 4.74 Å². The van der Waals surface area contributed by atoms with Crippen LogP contribution in [-0.4, -0.2) is 29.9 Å². The lowest BCUT2D eigenvalue weighted by atomic mass is 10.1. The lowest BCUT2D eigenvalue weighted by molar-refractivity contribution is -0.150. The van der Waals surface area contributed by atoms with Crippen LogP contribution in [0, 0.1) is 6.92 Å². The standard InChI is InChI=1S/C15H21NO5/c1-9-6-7-10(12(17)13(18)20-5)8-11(9)16-14(19)21-15(2,3)4/h6-8,12,17H,1-5H3,(H,16,19). The minimum atomic E-state index is -1.39. The highest BCUT2D eigenvalue weighted by molar-refractivity contribution is 5.86. The molecular formula is C15H21NO5. The fourth-order valence-electron chi connectivity index (χ4n) is 1.61. The average molecular weight is 295 g/mol. The zero-order valence-corrected chi connectivity index (χ0v) is 12.9. The largest absolute Gasteiger partial charge is 0.467 e. The molecule has 21 heavy (non-hydrogen) atoms. The highest BCUT2D eigenvalue weighted by Gasteiger charge is 2.20. The van der Waals surface area contributed by atoms with Gasteiger partial charge < -0.3 is 14.6 Å². The van der Waals surface area contributed by atoms with Crippen molar-refractivity contribution in [1.29, 1.82) is 0 Å². The van der Waals surface area contributed by atoms with E-state index in [-0.39, 0.29) is 0 Å². The van der Waals surface area contributed by atoms with Crippen LogP contribution in [0.2, 0.25) is 0 Å². The van der Waals surface area contributed by atoms with E-state index < -0.39 is 23.8 Å². The second-order valence-corrected chi connectivity index (χ2v) is 5.63. The molecule has 1 aromatic rings. The Kier molecular flexibility index (Phi) is 5.32. The fourth-order valence-corrected chi connectivity index (χ4v) is 1.61. The Bertz CT molecular complexity index is 533. The molecule has 0 fully saturated rings. The summed E-state index contributed by atoms with van der Waals surface area (Å²) in [5, 5.41) is 12.4. The van der Waals surface area contributed by atoms with E-state index in [0.717, 1.165) is 5.56 Å². The monoisotopic (exact) mass is 295 g/mol. The molecule has 0 spiro atoms. The van der Waals surface area contributed by atoms with Crippen LogP contribution in [-0.2, 0) is 14.3 Å². The molecule has 0 radical (unpaired) electrons. The highest BCUT2D eigenvalue weighted by Crippen LogP contribution is 2.23. The van der Waals surface area contributed by atoms with E-state index in [0.29, 0.717) is 11.3 Å². The maximum atomic E-state index is 11.8. The van der Waals surface area contributed by atoms with Crippen molar-refractivity contribution in [2.75, 3.05) is 12.4 Å². The number of carbonyl (C=O) groups excluding carboxylic acids is 2. The van der Waals surface area contributed by atoms with Gasteiger partial charge >= 0.3 is 12.1 Å². The minimum Gasteiger partial charge on any atom is -0.467 e. The highest BCUT2D eigenvalue weighted by atomic mass is 16.6. The molecular weight excluding hydrogens is 274 g/mol. The number of amides is 1. The second-order valence-electron chi connectivity index (χ2n) is 5.63. The third-order valence-electron chi connectivity index (χ3n) is 2.64. The predicted octanol–water partition coefficient (Wildman–Crippen LogP) is 2.55. The van der Waals surface area contributed by atoms with Crippen LogP contribution in [0.5, 0.6) is 0 Å². The predicted molar refractivity (Wildman–Crippen MR) is 78.0 cm³/mol. The van der Waals surface area contributed by atoms with Crippen molar-refractivity contribution in [3.05, 3.63) is 29.3 Å². The number of hydrogen-bond donors (Lipinski definition) is 2. The fraction of sp³-hybridized carbons (Fsp3) is 0.467. The molecule has 0 saturated heterocycles. The third-order valence-corrected chi connectivity index (χ3v) is 2.64. The van der Waals surface area contributed by atoms with Gasteiger partial charge in [0.15, 0.2) is 6.10 Å². The van der Waals surface area contributed by atoms with E-state index >= 15 is 0 Å². The number of nitrogens with one attached hydrogen (secondary N) is 1. The summed E-state index contributed by atoms with van der Waals surface area (Å²) in [6.07, 6.45) is -2.00. The lowest BCUT2D eigenvalue weighted by Gasteiger charge is -2.20. The van der Waals surface area contributed by atoms with Crippen molar-refractivity contribution < 1.29 is 24.2 Å². The number of methoxy groups -OCH3 is 1. The van der Waals surface area contributed by atoms with Crippen molar-refractivity contribution in [1.82, 2.24) is 0 Å². The van der Waals surface area contributed by atoms with Crippen LogP contribution in [0.25, 0.3) is 0 Å². The Morgan fingerprint density at radius 2 is 1.90 bits per heavy atom. The van der Waals surface area contributed by atoms with E-state index in [2.05, 4.69) is 10.1 Å². The van der Waals surface area contributed by atoms with Gasteiger partial charge in [0.05, 0.1) is 7.11 Å². The number of carbonyl (C=O) groups is 2. The summed E-state index contributed by atoms with van der Waals surface area (Å²) >= 11 is 0. The number of aliphatic hydroxyl groups excluding tert-OH is 1. The van der Waals surface area contributed by atoms with E-state index in [1.807, 2.05) is 0 Å². The van der Waals surface area contributed by atoms with Gasteiger partial charge in [0.1, 0.15) is 5.60 Å².